The first-order valence-corrected chi connectivity index (χ1v) is 7.92. The Labute approximate surface area is 115 Å². The number of amides is 1. The summed E-state index contributed by atoms with van der Waals surface area (Å²) in [5.41, 5.74) is -0.0131. The van der Waals surface area contributed by atoms with Gasteiger partial charge in [-0.1, -0.05) is 19.3 Å². The van der Waals surface area contributed by atoms with E-state index in [1.54, 1.807) is 0 Å². The van der Waals surface area contributed by atoms with Crippen LogP contribution >= 0.6 is 0 Å². The summed E-state index contributed by atoms with van der Waals surface area (Å²) in [4.78, 5) is 14.7. The molecule has 1 amide bonds. The normalized spacial score (nSPS) is 34.5. The maximum Gasteiger partial charge on any atom is 0.249 e. The molecule has 0 aromatic carbocycles. The Morgan fingerprint density at radius 2 is 1.95 bits per heavy atom. The van der Waals surface area contributed by atoms with Crippen molar-refractivity contribution in [1.82, 2.24) is 10.2 Å². The third kappa shape index (κ3) is 2.65. The van der Waals surface area contributed by atoms with Gasteiger partial charge in [-0.2, -0.15) is 0 Å². The Bertz CT molecular complexity index is 318. The quantitative estimate of drug-likeness (QED) is 0.785. The highest BCUT2D eigenvalue weighted by atomic mass is 16.5. The van der Waals surface area contributed by atoms with Gasteiger partial charge in [-0.3, -0.25) is 4.79 Å². The summed E-state index contributed by atoms with van der Waals surface area (Å²) < 4.78 is 5.63. The SMILES string of the molecule is O=C1COCC2(CCCNCC2)N1C1CCCCC1. The van der Waals surface area contributed by atoms with Crippen LogP contribution in [0.2, 0.25) is 0 Å². The van der Waals surface area contributed by atoms with Crippen molar-refractivity contribution in [2.24, 2.45) is 0 Å². The summed E-state index contributed by atoms with van der Waals surface area (Å²) in [6.45, 7) is 3.14. The smallest absolute Gasteiger partial charge is 0.249 e. The van der Waals surface area contributed by atoms with E-state index in [1.807, 2.05) is 0 Å². The number of ether oxygens (including phenoxy) is 1. The maximum absolute atomic E-state index is 12.5. The first-order valence-electron chi connectivity index (χ1n) is 7.92. The van der Waals surface area contributed by atoms with E-state index in [4.69, 9.17) is 4.74 Å². The number of nitrogens with one attached hydrogen (secondary N) is 1. The van der Waals surface area contributed by atoms with E-state index in [0.29, 0.717) is 12.6 Å². The molecule has 1 unspecified atom stereocenters. The molecule has 3 rings (SSSR count). The Balaban J connectivity index is 1.83. The molecule has 1 saturated carbocycles. The second kappa shape index (κ2) is 5.80. The van der Waals surface area contributed by atoms with Crippen LogP contribution in [0.1, 0.15) is 51.4 Å². The average Bonchev–Trinajstić information content (AvgIpc) is 2.66. The summed E-state index contributed by atoms with van der Waals surface area (Å²) in [6, 6.07) is 0.475. The fourth-order valence-corrected chi connectivity index (χ4v) is 4.16. The van der Waals surface area contributed by atoms with Gasteiger partial charge in [-0.05, 0) is 45.2 Å². The largest absolute Gasteiger partial charge is 0.369 e. The Morgan fingerprint density at radius 1 is 1.11 bits per heavy atom. The van der Waals surface area contributed by atoms with E-state index in [-0.39, 0.29) is 11.4 Å². The number of nitrogens with zero attached hydrogens (tertiary/aromatic N) is 1. The highest BCUT2D eigenvalue weighted by molar-refractivity contribution is 5.79. The summed E-state index contributed by atoms with van der Waals surface area (Å²) in [7, 11) is 0. The van der Waals surface area contributed by atoms with Crippen LogP contribution in [0.4, 0.5) is 0 Å². The standard InChI is InChI=1S/C15H26N2O2/c18-14-11-19-12-15(7-4-9-16-10-8-15)17(14)13-5-2-1-3-6-13/h13,16H,1-12H2. The molecule has 2 saturated heterocycles. The molecule has 2 aliphatic heterocycles. The van der Waals surface area contributed by atoms with E-state index in [2.05, 4.69) is 10.2 Å². The lowest BCUT2D eigenvalue weighted by atomic mass is 9.83. The molecule has 3 aliphatic rings. The number of morpholine rings is 1. The zero-order chi connectivity index (χ0) is 13.1. The van der Waals surface area contributed by atoms with Gasteiger partial charge in [0.25, 0.3) is 0 Å². The molecule has 0 bridgehead atoms. The minimum atomic E-state index is -0.0131. The van der Waals surface area contributed by atoms with Crippen molar-refractivity contribution in [2.45, 2.75) is 62.9 Å². The molecule has 1 spiro atoms. The topological polar surface area (TPSA) is 41.6 Å². The lowest BCUT2D eigenvalue weighted by Crippen LogP contribution is -2.63. The molecule has 0 aromatic heterocycles. The zero-order valence-corrected chi connectivity index (χ0v) is 11.8. The number of rotatable bonds is 1. The van der Waals surface area contributed by atoms with Gasteiger partial charge in [-0.25, -0.2) is 0 Å². The molecule has 1 aliphatic carbocycles. The van der Waals surface area contributed by atoms with Gasteiger partial charge in [-0.15, -0.1) is 0 Å². The third-order valence-electron chi connectivity index (χ3n) is 5.08. The lowest BCUT2D eigenvalue weighted by molar-refractivity contribution is -0.166. The van der Waals surface area contributed by atoms with E-state index in [1.165, 1.54) is 32.1 Å². The van der Waals surface area contributed by atoms with Gasteiger partial charge < -0.3 is 15.0 Å². The van der Waals surface area contributed by atoms with Crippen LogP contribution in [-0.4, -0.2) is 48.7 Å². The molecule has 3 fully saturated rings. The Hall–Kier alpha value is -0.610. The fraction of sp³-hybridized carbons (Fsp3) is 0.933. The van der Waals surface area contributed by atoms with Gasteiger partial charge in [0.05, 0.1) is 12.1 Å². The third-order valence-corrected chi connectivity index (χ3v) is 5.08. The minimum absolute atomic E-state index is 0.0131. The van der Waals surface area contributed by atoms with Gasteiger partial charge >= 0.3 is 0 Å². The molecular weight excluding hydrogens is 240 g/mol. The van der Waals surface area contributed by atoms with E-state index in [0.717, 1.165) is 39.0 Å². The van der Waals surface area contributed by atoms with Crippen LogP contribution in [0.25, 0.3) is 0 Å². The summed E-state index contributed by atoms with van der Waals surface area (Å²) >= 11 is 0. The molecule has 1 atom stereocenters. The van der Waals surface area contributed by atoms with Crippen LogP contribution in [0.15, 0.2) is 0 Å². The van der Waals surface area contributed by atoms with Crippen molar-refractivity contribution >= 4 is 5.91 Å². The molecule has 1 N–H and O–H groups in total. The predicted octanol–water partition coefficient (Wildman–Crippen LogP) is 1.69. The van der Waals surface area contributed by atoms with Crippen molar-refractivity contribution in [3.05, 3.63) is 0 Å². The van der Waals surface area contributed by atoms with Crippen molar-refractivity contribution in [3.63, 3.8) is 0 Å². The van der Waals surface area contributed by atoms with Crippen molar-refractivity contribution in [3.8, 4) is 0 Å². The van der Waals surface area contributed by atoms with Crippen molar-refractivity contribution in [1.29, 1.82) is 0 Å². The van der Waals surface area contributed by atoms with Gasteiger partial charge in [0.15, 0.2) is 0 Å². The Kier molecular flexibility index (Phi) is 4.08. The zero-order valence-electron chi connectivity index (χ0n) is 11.8. The van der Waals surface area contributed by atoms with E-state index in [9.17, 15) is 4.79 Å². The molecule has 0 radical (unpaired) electrons. The van der Waals surface area contributed by atoms with Gasteiger partial charge in [0.1, 0.15) is 6.61 Å². The van der Waals surface area contributed by atoms with Gasteiger partial charge in [0, 0.05) is 6.04 Å². The second-order valence-corrected chi connectivity index (χ2v) is 6.38. The van der Waals surface area contributed by atoms with Crippen molar-refractivity contribution in [2.75, 3.05) is 26.3 Å². The highest BCUT2D eigenvalue weighted by Gasteiger charge is 2.46. The molecule has 4 nitrogen and oxygen atoms in total. The molecular formula is C15H26N2O2. The average molecular weight is 266 g/mol. The first kappa shape index (κ1) is 13.4. The highest BCUT2D eigenvalue weighted by Crippen LogP contribution is 2.36. The molecule has 0 aromatic rings. The van der Waals surface area contributed by atoms with Gasteiger partial charge in [0.2, 0.25) is 5.91 Å². The van der Waals surface area contributed by atoms with Crippen LogP contribution in [0.3, 0.4) is 0 Å². The molecule has 2 heterocycles. The summed E-state index contributed by atoms with van der Waals surface area (Å²) in [5, 5.41) is 3.46. The Morgan fingerprint density at radius 3 is 2.79 bits per heavy atom. The monoisotopic (exact) mass is 266 g/mol. The second-order valence-electron chi connectivity index (χ2n) is 6.38. The predicted molar refractivity (Wildman–Crippen MR) is 74.0 cm³/mol. The number of carbonyl (C=O) groups excluding carboxylic acids is 1. The van der Waals surface area contributed by atoms with Crippen LogP contribution in [0, 0.1) is 0 Å². The molecule has 4 heteroatoms. The van der Waals surface area contributed by atoms with Crippen LogP contribution in [0.5, 0.6) is 0 Å². The first-order chi connectivity index (χ1) is 9.32. The van der Waals surface area contributed by atoms with E-state index >= 15 is 0 Å². The van der Waals surface area contributed by atoms with Crippen LogP contribution < -0.4 is 5.32 Å². The lowest BCUT2D eigenvalue weighted by Gasteiger charge is -2.51. The van der Waals surface area contributed by atoms with E-state index < -0.39 is 0 Å². The minimum Gasteiger partial charge on any atom is -0.369 e. The maximum atomic E-state index is 12.5. The number of hydrogen-bond acceptors (Lipinski definition) is 3. The van der Waals surface area contributed by atoms with Crippen LogP contribution in [-0.2, 0) is 9.53 Å². The molecule has 19 heavy (non-hydrogen) atoms. The summed E-state index contributed by atoms with van der Waals surface area (Å²) in [6.07, 6.45) is 9.59. The summed E-state index contributed by atoms with van der Waals surface area (Å²) in [5.74, 6) is 0.236. The number of hydrogen-bond donors (Lipinski definition) is 1. The molecule has 108 valence electrons. The number of carbonyl (C=O) groups is 1. The van der Waals surface area contributed by atoms with Crippen molar-refractivity contribution < 1.29 is 9.53 Å². The fourth-order valence-electron chi connectivity index (χ4n) is 4.16.